The Morgan fingerprint density at radius 2 is 1.55 bits per heavy atom. The average molecular weight is 285 g/mol. The van der Waals surface area contributed by atoms with Gasteiger partial charge < -0.3 is 10.2 Å². The molecule has 2 heteroatoms. The lowest BCUT2D eigenvalue weighted by Gasteiger charge is -2.41. The summed E-state index contributed by atoms with van der Waals surface area (Å²) >= 11 is 0. The highest BCUT2D eigenvalue weighted by atomic mass is 15.1. The SMILES string of the molecule is CCCCN(C)C(CCC)CC(C)(C)NC(C)(C)CC. The predicted octanol–water partition coefficient (Wildman–Crippen LogP) is 4.83. The molecule has 0 bridgehead atoms. The molecule has 0 rings (SSSR count). The lowest BCUT2D eigenvalue weighted by atomic mass is 9.88. The second-order valence-corrected chi connectivity index (χ2v) is 7.73. The van der Waals surface area contributed by atoms with E-state index in [1.807, 2.05) is 0 Å². The van der Waals surface area contributed by atoms with Crippen molar-refractivity contribution in [3.63, 3.8) is 0 Å². The lowest BCUT2D eigenvalue weighted by molar-refractivity contribution is 0.153. The molecule has 0 aliphatic rings. The fourth-order valence-electron chi connectivity index (χ4n) is 3.05. The van der Waals surface area contributed by atoms with Gasteiger partial charge in [-0.05, 0) is 67.0 Å². The molecule has 0 heterocycles. The van der Waals surface area contributed by atoms with Crippen LogP contribution in [0.2, 0.25) is 0 Å². The van der Waals surface area contributed by atoms with Gasteiger partial charge in [0.25, 0.3) is 0 Å². The van der Waals surface area contributed by atoms with Gasteiger partial charge in [-0.1, -0.05) is 33.6 Å². The van der Waals surface area contributed by atoms with Crippen molar-refractivity contribution in [2.75, 3.05) is 13.6 Å². The first kappa shape index (κ1) is 19.9. The number of nitrogens with one attached hydrogen (secondary N) is 1. The number of hydrogen-bond donors (Lipinski definition) is 1. The van der Waals surface area contributed by atoms with Gasteiger partial charge in [0, 0.05) is 17.1 Å². The van der Waals surface area contributed by atoms with E-state index in [0.717, 1.165) is 0 Å². The van der Waals surface area contributed by atoms with E-state index < -0.39 is 0 Å². The normalized spacial score (nSPS) is 14.8. The zero-order chi connectivity index (χ0) is 15.8. The summed E-state index contributed by atoms with van der Waals surface area (Å²) in [4.78, 5) is 2.58. The van der Waals surface area contributed by atoms with Crippen molar-refractivity contribution >= 4 is 0 Å². The van der Waals surface area contributed by atoms with Crippen molar-refractivity contribution in [3.05, 3.63) is 0 Å². The first-order valence-corrected chi connectivity index (χ1v) is 8.67. The molecular weight excluding hydrogens is 244 g/mol. The van der Waals surface area contributed by atoms with Gasteiger partial charge in [0.2, 0.25) is 0 Å². The van der Waals surface area contributed by atoms with E-state index in [1.165, 1.54) is 45.1 Å². The molecule has 0 aromatic rings. The Balaban J connectivity index is 4.62. The van der Waals surface area contributed by atoms with Crippen LogP contribution in [0.5, 0.6) is 0 Å². The lowest BCUT2D eigenvalue weighted by Crippen LogP contribution is -2.54. The quantitative estimate of drug-likeness (QED) is 0.584. The van der Waals surface area contributed by atoms with E-state index in [2.05, 4.69) is 65.7 Å². The van der Waals surface area contributed by atoms with Gasteiger partial charge in [-0.25, -0.2) is 0 Å². The van der Waals surface area contributed by atoms with Gasteiger partial charge in [0.1, 0.15) is 0 Å². The summed E-state index contributed by atoms with van der Waals surface area (Å²) in [5, 5.41) is 3.86. The van der Waals surface area contributed by atoms with Crippen molar-refractivity contribution in [2.45, 2.75) is 104 Å². The number of hydrogen-bond acceptors (Lipinski definition) is 2. The summed E-state index contributed by atoms with van der Waals surface area (Å²) in [6.45, 7) is 17.4. The van der Waals surface area contributed by atoms with Crippen molar-refractivity contribution < 1.29 is 0 Å². The van der Waals surface area contributed by atoms with Crippen LogP contribution in [0.3, 0.4) is 0 Å². The molecule has 0 fully saturated rings. The van der Waals surface area contributed by atoms with Crippen LogP contribution in [-0.2, 0) is 0 Å². The minimum Gasteiger partial charge on any atom is -0.307 e. The maximum absolute atomic E-state index is 3.86. The van der Waals surface area contributed by atoms with Crippen LogP contribution in [0, 0.1) is 0 Å². The molecule has 0 saturated carbocycles. The predicted molar refractivity (Wildman–Crippen MR) is 92.4 cm³/mol. The summed E-state index contributed by atoms with van der Waals surface area (Å²) in [6, 6.07) is 0.696. The Hall–Kier alpha value is -0.0800. The molecule has 0 amide bonds. The highest BCUT2D eigenvalue weighted by molar-refractivity contribution is 4.91. The first-order chi connectivity index (χ1) is 9.17. The van der Waals surface area contributed by atoms with Crippen molar-refractivity contribution in [1.29, 1.82) is 0 Å². The van der Waals surface area contributed by atoms with Crippen LogP contribution in [-0.4, -0.2) is 35.6 Å². The van der Waals surface area contributed by atoms with Crippen LogP contribution in [0.25, 0.3) is 0 Å². The third-order valence-electron chi connectivity index (χ3n) is 4.42. The van der Waals surface area contributed by atoms with Gasteiger partial charge in [0.15, 0.2) is 0 Å². The molecule has 1 unspecified atom stereocenters. The minimum absolute atomic E-state index is 0.194. The Kier molecular flexibility index (Phi) is 9.01. The Morgan fingerprint density at radius 3 is 2.00 bits per heavy atom. The van der Waals surface area contributed by atoms with Crippen LogP contribution in [0.4, 0.5) is 0 Å². The zero-order valence-electron chi connectivity index (χ0n) is 15.5. The van der Waals surface area contributed by atoms with Gasteiger partial charge in [-0.2, -0.15) is 0 Å². The third-order valence-corrected chi connectivity index (χ3v) is 4.42. The smallest absolute Gasteiger partial charge is 0.0144 e. The topological polar surface area (TPSA) is 15.3 Å². The van der Waals surface area contributed by atoms with E-state index in [9.17, 15) is 0 Å². The average Bonchev–Trinajstić information content (AvgIpc) is 2.33. The van der Waals surface area contributed by atoms with E-state index in [0.29, 0.717) is 6.04 Å². The number of rotatable bonds is 11. The highest BCUT2D eigenvalue weighted by Gasteiger charge is 2.29. The molecular formula is C18H40N2. The molecule has 20 heavy (non-hydrogen) atoms. The summed E-state index contributed by atoms with van der Waals surface area (Å²) in [5.74, 6) is 0. The summed E-state index contributed by atoms with van der Waals surface area (Å²) in [6.07, 6.45) is 7.57. The van der Waals surface area contributed by atoms with Crippen molar-refractivity contribution in [1.82, 2.24) is 10.2 Å². The Morgan fingerprint density at radius 1 is 0.950 bits per heavy atom. The molecule has 0 spiro atoms. The number of nitrogens with zero attached hydrogens (tertiary/aromatic N) is 1. The van der Waals surface area contributed by atoms with E-state index in [4.69, 9.17) is 0 Å². The van der Waals surface area contributed by atoms with Crippen LogP contribution in [0.15, 0.2) is 0 Å². The molecule has 122 valence electrons. The largest absolute Gasteiger partial charge is 0.307 e. The Bertz CT molecular complexity index is 246. The highest BCUT2D eigenvalue weighted by Crippen LogP contribution is 2.23. The second-order valence-electron chi connectivity index (χ2n) is 7.73. The van der Waals surface area contributed by atoms with Crippen LogP contribution < -0.4 is 5.32 Å². The summed E-state index contributed by atoms with van der Waals surface area (Å²) < 4.78 is 0. The fourth-order valence-corrected chi connectivity index (χ4v) is 3.05. The molecule has 0 radical (unpaired) electrons. The maximum atomic E-state index is 3.86. The third kappa shape index (κ3) is 8.26. The molecule has 0 aliphatic heterocycles. The van der Waals surface area contributed by atoms with Crippen molar-refractivity contribution in [3.8, 4) is 0 Å². The van der Waals surface area contributed by atoms with E-state index >= 15 is 0 Å². The minimum atomic E-state index is 0.194. The summed E-state index contributed by atoms with van der Waals surface area (Å²) in [5.41, 5.74) is 0.419. The van der Waals surface area contributed by atoms with E-state index in [-0.39, 0.29) is 11.1 Å². The van der Waals surface area contributed by atoms with Gasteiger partial charge in [-0.3, -0.25) is 0 Å². The van der Waals surface area contributed by atoms with Gasteiger partial charge >= 0.3 is 0 Å². The molecule has 0 aromatic carbocycles. The molecule has 0 aromatic heterocycles. The summed E-state index contributed by atoms with van der Waals surface area (Å²) in [7, 11) is 2.30. The van der Waals surface area contributed by atoms with Crippen LogP contribution in [0.1, 0.15) is 87.0 Å². The Labute approximate surface area is 128 Å². The van der Waals surface area contributed by atoms with Gasteiger partial charge in [-0.15, -0.1) is 0 Å². The maximum Gasteiger partial charge on any atom is 0.0144 e. The molecule has 1 atom stereocenters. The van der Waals surface area contributed by atoms with E-state index in [1.54, 1.807) is 0 Å². The zero-order valence-corrected chi connectivity index (χ0v) is 15.5. The molecule has 0 saturated heterocycles. The second kappa shape index (κ2) is 9.04. The van der Waals surface area contributed by atoms with Gasteiger partial charge in [0.05, 0.1) is 0 Å². The molecule has 2 nitrogen and oxygen atoms in total. The molecule has 0 aliphatic carbocycles. The first-order valence-electron chi connectivity index (χ1n) is 8.67. The standard InChI is InChI=1S/C18H40N2/c1-9-12-14-20(8)16(13-10-2)15-18(6,7)19-17(4,5)11-3/h16,19H,9-15H2,1-8H3. The van der Waals surface area contributed by atoms with Crippen LogP contribution >= 0.6 is 0 Å². The monoisotopic (exact) mass is 284 g/mol. The number of unbranched alkanes of at least 4 members (excludes halogenated alkanes) is 1. The van der Waals surface area contributed by atoms with Crippen molar-refractivity contribution in [2.24, 2.45) is 0 Å². The fraction of sp³-hybridized carbons (Fsp3) is 1.00. The molecule has 1 N–H and O–H groups in total.